The maximum absolute atomic E-state index is 10.6. The van der Waals surface area contributed by atoms with Gasteiger partial charge >= 0.3 is 62.9 Å². The van der Waals surface area contributed by atoms with Crippen LogP contribution in [0.2, 0.25) is 10.1 Å². The zero-order chi connectivity index (χ0) is 7.49. The second kappa shape index (κ2) is 3.38. The van der Waals surface area contributed by atoms with Crippen LogP contribution in [0.3, 0.4) is 0 Å². The topological polar surface area (TPSA) is 17.1 Å². The molecule has 0 aromatic rings. The van der Waals surface area contributed by atoms with Crippen molar-refractivity contribution in [3.8, 4) is 0 Å². The van der Waals surface area contributed by atoms with Crippen LogP contribution in [-0.4, -0.2) is 20.7 Å². The molecule has 0 aliphatic carbocycles. The van der Waals surface area contributed by atoms with E-state index in [1.165, 1.54) is 0 Å². The average molecular weight is 193 g/mol. The summed E-state index contributed by atoms with van der Waals surface area (Å²) >= 11 is 0.582. The minimum absolute atomic E-state index is 0.277. The van der Waals surface area contributed by atoms with Crippen LogP contribution in [0.25, 0.3) is 0 Å². The summed E-state index contributed by atoms with van der Waals surface area (Å²) in [7, 11) is 0. The molecule has 9 heavy (non-hydrogen) atoms. The van der Waals surface area contributed by atoms with Crippen LogP contribution < -0.4 is 0 Å². The van der Waals surface area contributed by atoms with Crippen LogP contribution in [0, 0.1) is 0 Å². The van der Waals surface area contributed by atoms with Gasteiger partial charge in [0.15, 0.2) is 0 Å². The van der Waals surface area contributed by atoms with E-state index >= 15 is 0 Å². The third-order valence-corrected chi connectivity index (χ3v) is 3.85. The molecule has 0 atom stereocenters. The Balaban J connectivity index is 3.71. The Bertz CT molecular complexity index is 107. The number of carbonyl (C=O) groups is 1. The molecule has 0 saturated carbocycles. The van der Waals surface area contributed by atoms with Crippen LogP contribution in [0.5, 0.6) is 0 Å². The van der Waals surface area contributed by atoms with Gasteiger partial charge in [0.1, 0.15) is 0 Å². The molecule has 1 nitrogen and oxygen atoms in total. The number of hydrogen-bond acceptors (Lipinski definition) is 1. The third kappa shape index (κ3) is 4.68. The van der Waals surface area contributed by atoms with Gasteiger partial charge in [0.05, 0.1) is 0 Å². The van der Waals surface area contributed by atoms with E-state index in [-0.39, 0.29) is 4.31 Å². The van der Waals surface area contributed by atoms with Gasteiger partial charge in [0.25, 0.3) is 0 Å². The molecule has 0 bridgehead atoms. The van der Waals surface area contributed by atoms with E-state index in [1.807, 2.05) is 0 Å². The number of Topliss-reactive ketones (excluding diaryl/α,β-unsaturated/α-hetero) is 1. The van der Waals surface area contributed by atoms with Crippen molar-refractivity contribution in [1.82, 2.24) is 0 Å². The predicted octanol–water partition coefficient (Wildman–Crippen LogP) is 1.92. The molecule has 0 rings (SSSR count). The molecule has 0 aromatic carbocycles. The molecule has 0 heterocycles. The first kappa shape index (κ1) is 9.19. The van der Waals surface area contributed by atoms with Crippen molar-refractivity contribution in [2.75, 3.05) is 0 Å². The van der Waals surface area contributed by atoms with Gasteiger partial charge in [0, 0.05) is 0 Å². The maximum atomic E-state index is 10.6. The Morgan fingerprint density at radius 1 is 1.56 bits per heavy atom. The molecular formula is C7H14OSe. The summed E-state index contributed by atoms with van der Waals surface area (Å²) in [6.45, 7) is 5.95. The predicted molar refractivity (Wildman–Crippen MR) is 41.0 cm³/mol. The molecule has 0 spiro atoms. The summed E-state index contributed by atoms with van der Waals surface area (Å²) in [5, 5.41) is 0. The Morgan fingerprint density at radius 2 is 2.00 bits per heavy atom. The Kier molecular flexibility index (Phi) is 3.45. The normalized spacial score (nSPS) is 11.6. The molecule has 0 aromatic heterocycles. The molecule has 0 aliphatic rings. The number of hydrogen-bond donors (Lipinski definition) is 0. The minimum atomic E-state index is 0.277. The van der Waals surface area contributed by atoms with Gasteiger partial charge in [-0.2, -0.15) is 0 Å². The average Bonchev–Trinajstić information content (AvgIpc) is 1.63. The van der Waals surface area contributed by atoms with E-state index in [4.69, 9.17) is 0 Å². The van der Waals surface area contributed by atoms with Gasteiger partial charge in [-0.3, -0.25) is 0 Å². The summed E-state index contributed by atoms with van der Waals surface area (Å²) in [5.74, 6) is 2.49. The fourth-order valence-corrected chi connectivity index (χ4v) is 1.40. The van der Waals surface area contributed by atoms with Crippen molar-refractivity contribution in [3.05, 3.63) is 0 Å². The van der Waals surface area contributed by atoms with Crippen LogP contribution in [0.1, 0.15) is 27.2 Å². The first-order chi connectivity index (χ1) is 3.98. The molecule has 0 aliphatic heterocycles. The second-order valence-corrected chi connectivity index (χ2v) is 6.02. The standard InChI is InChI=1S/C7H14OSe/c1-6(8)5-7(2,3)9-4/h5H2,1-4H3. The summed E-state index contributed by atoms with van der Waals surface area (Å²) in [6, 6.07) is 0. The van der Waals surface area contributed by atoms with Crippen molar-refractivity contribution < 1.29 is 4.79 Å². The van der Waals surface area contributed by atoms with Crippen molar-refractivity contribution in [3.63, 3.8) is 0 Å². The zero-order valence-corrected chi connectivity index (χ0v) is 8.24. The SMILES string of the molecule is C[Se]C(C)(C)CC(C)=O. The van der Waals surface area contributed by atoms with Crippen LogP contribution in [0.15, 0.2) is 0 Å². The number of rotatable bonds is 3. The fourth-order valence-electron chi connectivity index (χ4n) is 0.672. The second-order valence-electron chi connectivity index (χ2n) is 2.84. The molecule has 0 saturated heterocycles. The molecule has 0 fully saturated rings. The summed E-state index contributed by atoms with van der Waals surface area (Å²) in [6.07, 6.45) is 0.740. The van der Waals surface area contributed by atoms with Crippen molar-refractivity contribution in [1.29, 1.82) is 0 Å². The number of ketones is 1. The third-order valence-electron chi connectivity index (χ3n) is 1.23. The van der Waals surface area contributed by atoms with E-state index in [2.05, 4.69) is 19.7 Å². The summed E-state index contributed by atoms with van der Waals surface area (Å²) < 4.78 is 0.277. The van der Waals surface area contributed by atoms with Gasteiger partial charge in [0.2, 0.25) is 0 Å². The Labute approximate surface area is 63.4 Å². The Hall–Kier alpha value is 0.189. The molecule has 0 N–H and O–H groups in total. The molecule has 0 radical (unpaired) electrons. The number of carbonyl (C=O) groups excluding carboxylic acids is 1. The molecular weight excluding hydrogens is 179 g/mol. The quantitative estimate of drug-likeness (QED) is 0.626. The van der Waals surface area contributed by atoms with Crippen molar-refractivity contribution in [2.45, 2.75) is 37.3 Å². The van der Waals surface area contributed by atoms with Crippen molar-refractivity contribution in [2.24, 2.45) is 0 Å². The van der Waals surface area contributed by atoms with E-state index in [9.17, 15) is 4.79 Å². The van der Waals surface area contributed by atoms with Gasteiger partial charge in [-0.05, 0) is 0 Å². The van der Waals surface area contributed by atoms with Crippen LogP contribution in [-0.2, 0) is 4.79 Å². The monoisotopic (exact) mass is 194 g/mol. The summed E-state index contributed by atoms with van der Waals surface area (Å²) in [4.78, 5) is 10.6. The zero-order valence-electron chi connectivity index (χ0n) is 6.52. The van der Waals surface area contributed by atoms with Crippen LogP contribution >= 0.6 is 0 Å². The molecule has 54 valence electrons. The molecule has 0 unspecified atom stereocenters. The van der Waals surface area contributed by atoms with Gasteiger partial charge < -0.3 is 0 Å². The van der Waals surface area contributed by atoms with Crippen molar-refractivity contribution >= 4 is 20.7 Å². The first-order valence-electron chi connectivity index (χ1n) is 3.02. The fraction of sp³-hybridized carbons (Fsp3) is 0.857. The van der Waals surface area contributed by atoms with E-state index in [1.54, 1.807) is 6.92 Å². The van der Waals surface area contributed by atoms with E-state index < -0.39 is 0 Å². The first-order valence-corrected chi connectivity index (χ1v) is 5.59. The Morgan fingerprint density at radius 3 is 2.11 bits per heavy atom. The van der Waals surface area contributed by atoms with Crippen LogP contribution in [0.4, 0.5) is 0 Å². The van der Waals surface area contributed by atoms with Gasteiger partial charge in [-0.1, -0.05) is 0 Å². The molecule has 0 amide bonds. The van der Waals surface area contributed by atoms with Gasteiger partial charge in [-0.25, -0.2) is 0 Å². The van der Waals surface area contributed by atoms with E-state index in [0.717, 1.165) is 6.42 Å². The van der Waals surface area contributed by atoms with E-state index in [0.29, 0.717) is 20.7 Å². The summed E-state index contributed by atoms with van der Waals surface area (Å²) in [5.41, 5.74) is 0. The molecule has 2 heteroatoms. The van der Waals surface area contributed by atoms with Gasteiger partial charge in [-0.15, -0.1) is 0 Å².